The molecule has 2 N–H and O–H groups in total. The van der Waals surface area contributed by atoms with Gasteiger partial charge in [-0.2, -0.15) is 0 Å². The molecule has 1 aliphatic heterocycles. The lowest BCUT2D eigenvalue weighted by molar-refractivity contribution is -0.0615. The number of hydrogen-bond acceptors (Lipinski definition) is 3. The molecule has 1 aromatic heterocycles. The summed E-state index contributed by atoms with van der Waals surface area (Å²) in [5, 5.41) is 2.89. The second-order valence-electron chi connectivity index (χ2n) is 5.19. The summed E-state index contributed by atoms with van der Waals surface area (Å²) in [7, 11) is 0. The van der Waals surface area contributed by atoms with Gasteiger partial charge < -0.3 is 15.0 Å². The maximum atomic E-state index is 12.0. The molecule has 0 radical (unpaired) electrons. The number of aromatic amines is 1. The van der Waals surface area contributed by atoms with Crippen molar-refractivity contribution in [3.63, 3.8) is 0 Å². The molecule has 1 saturated heterocycles. The first-order valence-electron chi connectivity index (χ1n) is 6.10. The van der Waals surface area contributed by atoms with E-state index < -0.39 is 0 Å². The highest BCUT2D eigenvalue weighted by Crippen LogP contribution is 2.23. The number of hydrogen-bond donors (Lipinski definition) is 2. The quantitative estimate of drug-likeness (QED) is 0.824. The van der Waals surface area contributed by atoms with Crippen molar-refractivity contribution in [2.45, 2.75) is 38.3 Å². The molecule has 0 aliphatic carbocycles. The Balaban J connectivity index is 2.04. The van der Waals surface area contributed by atoms with Gasteiger partial charge in [0, 0.05) is 31.1 Å². The van der Waals surface area contributed by atoms with Crippen LogP contribution in [0.4, 0.5) is 0 Å². The van der Waals surface area contributed by atoms with Crippen molar-refractivity contribution in [2.24, 2.45) is 0 Å². The van der Waals surface area contributed by atoms with Crippen LogP contribution in [0.25, 0.3) is 0 Å². The van der Waals surface area contributed by atoms with Crippen molar-refractivity contribution >= 4 is 5.91 Å². The minimum Gasteiger partial charge on any atom is -0.375 e. The van der Waals surface area contributed by atoms with E-state index in [4.69, 9.17) is 4.74 Å². The van der Waals surface area contributed by atoms with E-state index in [-0.39, 0.29) is 28.5 Å². The van der Waals surface area contributed by atoms with Gasteiger partial charge >= 0.3 is 0 Å². The zero-order valence-corrected chi connectivity index (χ0v) is 10.7. The third kappa shape index (κ3) is 2.98. The normalized spacial score (nSPS) is 22.4. The molecular weight excluding hydrogens is 232 g/mol. The van der Waals surface area contributed by atoms with E-state index in [9.17, 15) is 9.59 Å². The average Bonchev–Trinajstić information content (AvgIpc) is 2.28. The van der Waals surface area contributed by atoms with Crippen LogP contribution in [-0.4, -0.2) is 29.1 Å². The van der Waals surface area contributed by atoms with Crippen LogP contribution in [-0.2, 0) is 4.74 Å². The summed E-state index contributed by atoms with van der Waals surface area (Å²) < 4.78 is 5.59. The monoisotopic (exact) mass is 250 g/mol. The molecule has 0 bridgehead atoms. The highest BCUT2D eigenvalue weighted by molar-refractivity contribution is 5.93. The molecule has 1 fully saturated rings. The number of carbonyl (C=O) groups excluding carboxylic acids is 1. The van der Waals surface area contributed by atoms with Crippen LogP contribution in [0, 0.1) is 0 Å². The molecule has 1 aromatic rings. The second kappa shape index (κ2) is 4.94. The summed E-state index contributed by atoms with van der Waals surface area (Å²) in [6.07, 6.45) is 4.47. The first-order valence-corrected chi connectivity index (χ1v) is 6.10. The van der Waals surface area contributed by atoms with Gasteiger partial charge in [0.1, 0.15) is 5.56 Å². The molecule has 1 unspecified atom stereocenters. The molecule has 2 heterocycles. The van der Waals surface area contributed by atoms with Gasteiger partial charge in [-0.3, -0.25) is 9.59 Å². The number of carbonyl (C=O) groups is 1. The summed E-state index contributed by atoms with van der Waals surface area (Å²) >= 11 is 0. The average molecular weight is 250 g/mol. The fourth-order valence-corrected chi connectivity index (χ4v) is 2.21. The minimum atomic E-state index is -0.320. The molecule has 1 aliphatic rings. The maximum absolute atomic E-state index is 12.0. The van der Waals surface area contributed by atoms with Crippen molar-refractivity contribution in [1.82, 2.24) is 10.3 Å². The summed E-state index contributed by atoms with van der Waals surface area (Å²) in [4.78, 5) is 26.2. The van der Waals surface area contributed by atoms with Crippen molar-refractivity contribution in [2.75, 3.05) is 6.61 Å². The van der Waals surface area contributed by atoms with E-state index >= 15 is 0 Å². The topological polar surface area (TPSA) is 71.2 Å². The molecule has 0 saturated carbocycles. The molecule has 1 atom stereocenters. The van der Waals surface area contributed by atoms with Gasteiger partial charge in [0.05, 0.1) is 5.60 Å². The van der Waals surface area contributed by atoms with E-state index in [2.05, 4.69) is 10.3 Å². The standard InChI is InChI=1S/C13H18N2O3/c1-13(2)7-9(4-6-18-13)15-12(17)10-8-14-5-3-11(10)16/h3,5,8-9H,4,6-7H2,1-2H3,(H,14,16)(H,15,17). The SMILES string of the molecule is CC1(C)CC(NC(=O)c2c[nH]ccc2=O)CCO1. The third-order valence-electron chi connectivity index (χ3n) is 3.10. The number of H-pyrrole nitrogens is 1. The Hall–Kier alpha value is -1.62. The van der Waals surface area contributed by atoms with E-state index in [1.165, 1.54) is 18.5 Å². The van der Waals surface area contributed by atoms with Crippen LogP contribution in [0.2, 0.25) is 0 Å². The van der Waals surface area contributed by atoms with Crippen LogP contribution in [0.5, 0.6) is 0 Å². The lowest BCUT2D eigenvalue weighted by atomic mass is 9.94. The molecule has 18 heavy (non-hydrogen) atoms. The molecule has 5 nitrogen and oxygen atoms in total. The van der Waals surface area contributed by atoms with Crippen molar-refractivity contribution in [3.05, 3.63) is 34.2 Å². The Bertz CT molecular complexity index is 493. The highest BCUT2D eigenvalue weighted by Gasteiger charge is 2.30. The lowest BCUT2D eigenvalue weighted by Gasteiger charge is -2.35. The first kappa shape index (κ1) is 12.8. The van der Waals surface area contributed by atoms with Crippen LogP contribution < -0.4 is 10.7 Å². The number of amides is 1. The number of rotatable bonds is 2. The van der Waals surface area contributed by atoms with E-state index in [1.54, 1.807) is 0 Å². The van der Waals surface area contributed by atoms with Gasteiger partial charge in [0.25, 0.3) is 5.91 Å². The molecule has 2 rings (SSSR count). The number of pyridine rings is 1. The molecule has 0 aromatic carbocycles. The molecule has 1 amide bonds. The summed E-state index contributed by atoms with van der Waals surface area (Å²) in [5.41, 5.74) is -0.335. The highest BCUT2D eigenvalue weighted by atomic mass is 16.5. The fraction of sp³-hybridized carbons (Fsp3) is 0.538. The Morgan fingerprint density at radius 3 is 3.00 bits per heavy atom. The second-order valence-corrected chi connectivity index (χ2v) is 5.19. The third-order valence-corrected chi connectivity index (χ3v) is 3.10. The Morgan fingerprint density at radius 1 is 1.56 bits per heavy atom. The molecule has 5 heteroatoms. The van der Waals surface area contributed by atoms with E-state index in [1.807, 2.05) is 13.8 Å². The smallest absolute Gasteiger partial charge is 0.256 e. The summed E-state index contributed by atoms with van der Waals surface area (Å²) in [6, 6.07) is 1.41. The maximum Gasteiger partial charge on any atom is 0.256 e. The number of nitrogens with one attached hydrogen (secondary N) is 2. The number of ether oxygens (including phenoxy) is 1. The molecule has 0 spiro atoms. The summed E-state index contributed by atoms with van der Waals surface area (Å²) in [6.45, 7) is 4.63. The zero-order chi connectivity index (χ0) is 13.2. The van der Waals surface area contributed by atoms with Crippen molar-refractivity contribution in [1.29, 1.82) is 0 Å². The van der Waals surface area contributed by atoms with Crippen molar-refractivity contribution in [3.8, 4) is 0 Å². The molecule has 98 valence electrons. The Kier molecular flexibility index (Phi) is 3.52. The fourth-order valence-electron chi connectivity index (χ4n) is 2.21. The number of aromatic nitrogens is 1. The molecular formula is C13H18N2O3. The van der Waals surface area contributed by atoms with Crippen LogP contribution >= 0.6 is 0 Å². The predicted molar refractivity (Wildman–Crippen MR) is 67.6 cm³/mol. The van der Waals surface area contributed by atoms with Gasteiger partial charge in [-0.25, -0.2) is 0 Å². The van der Waals surface area contributed by atoms with E-state index in [0.717, 1.165) is 12.8 Å². The van der Waals surface area contributed by atoms with Gasteiger partial charge in [0.15, 0.2) is 5.43 Å². The van der Waals surface area contributed by atoms with E-state index in [0.29, 0.717) is 6.61 Å². The Morgan fingerprint density at radius 2 is 2.33 bits per heavy atom. The van der Waals surface area contributed by atoms with Crippen LogP contribution in [0.3, 0.4) is 0 Å². The van der Waals surface area contributed by atoms with Crippen LogP contribution in [0.1, 0.15) is 37.0 Å². The van der Waals surface area contributed by atoms with Gasteiger partial charge in [-0.1, -0.05) is 0 Å². The van der Waals surface area contributed by atoms with Crippen molar-refractivity contribution < 1.29 is 9.53 Å². The largest absolute Gasteiger partial charge is 0.375 e. The summed E-state index contributed by atoms with van der Waals surface area (Å²) in [5.74, 6) is -0.320. The van der Waals surface area contributed by atoms with Gasteiger partial charge in [0.2, 0.25) is 0 Å². The minimum absolute atomic E-state index is 0.0563. The first-order chi connectivity index (χ1) is 8.48. The zero-order valence-electron chi connectivity index (χ0n) is 10.7. The predicted octanol–water partition coefficient (Wildman–Crippen LogP) is 1.06. The van der Waals surface area contributed by atoms with Gasteiger partial charge in [-0.15, -0.1) is 0 Å². The Labute approximate surface area is 106 Å². The van der Waals surface area contributed by atoms with Gasteiger partial charge in [-0.05, 0) is 26.7 Å². The lowest BCUT2D eigenvalue weighted by Crippen LogP contribution is -2.46. The van der Waals surface area contributed by atoms with Crippen LogP contribution in [0.15, 0.2) is 23.3 Å².